The average molecular weight is 314 g/mol. The van der Waals surface area contributed by atoms with Crippen molar-refractivity contribution in [3.05, 3.63) is 29.0 Å². The van der Waals surface area contributed by atoms with E-state index in [0.29, 0.717) is 30.6 Å². The van der Waals surface area contributed by atoms with Crippen LogP contribution in [0.1, 0.15) is 13.3 Å². The molecule has 1 aliphatic heterocycles. The van der Waals surface area contributed by atoms with Crippen LogP contribution in [0.3, 0.4) is 0 Å². The van der Waals surface area contributed by atoms with Crippen LogP contribution in [-0.2, 0) is 4.79 Å². The molecule has 1 aromatic carbocycles. The van der Waals surface area contributed by atoms with Gasteiger partial charge in [-0.25, -0.2) is 4.39 Å². The van der Waals surface area contributed by atoms with Crippen molar-refractivity contribution in [2.45, 2.75) is 13.3 Å². The van der Waals surface area contributed by atoms with E-state index in [9.17, 15) is 9.18 Å². The van der Waals surface area contributed by atoms with Gasteiger partial charge in [0.25, 0.3) is 0 Å². The Morgan fingerprint density at radius 3 is 3.00 bits per heavy atom. The zero-order valence-corrected chi connectivity index (χ0v) is 12.9. The fourth-order valence-corrected chi connectivity index (χ4v) is 2.87. The minimum atomic E-state index is -0.422. The highest BCUT2D eigenvalue weighted by atomic mass is 35.5. The highest BCUT2D eigenvalue weighted by Crippen LogP contribution is 2.24. The molecule has 0 saturated carbocycles. The Hall–Kier alpha value is -1.17. The van der Waals surface area contributed by atoms with Gasteiger partial charge < -0.3 is 11.1 Å². The molecule has 4 nitrogen and oxygen atoms in total. The fraction of sp³-hybridized carbons (Fsp3) is 0.533. The minimum Gasteiger partial charge on any atom is -0.330 e. The number of anilines is 1. The third kappa shape index (κ3) is 4.40. The predicted molar refractivity (Wildman–Crippen MR) is 82.8 cm³/mol. The molecule has 0 spiro atoms. The number of amides is 1. The van der Waals surface area contributed by atoms with Crippen LogP contribution in [0.2, 0.25) is 5.02 Å². The van der Waals surface area contributed by atoms with Crippen molar-refractivity contribution < 1.29 is 9.18 Å². The van der Waals surface area contributed by atoms with Crippen LogP contribution in [0.5, 0.6) is 0 Å². The molecule has 1 amide bonds. The van der Waals surface area contributed by atoms with Crippen LogP contribution in [0, 0.1) is 17.7 Å². The van der Waals surface area contributed by atoms with E-state index in [1.54, 1.807) is 0 Å². The summed E-state index contributed by atoms with van der Waals surface area (Å²) in [6.45, 7) is 4.87. The molecule has 0 aliphatic carbocycles. The maximum Gasteiger partial charge on any atom is 0.238 e. The van der Waals surface area contributed by atoms with Crippen molar-refractivity contribution in [2.24, 2.45) is 17.6 Å². The van der Waals surface area contributed by atoms with E-state index in [4.69, 9.17) is 17.3 Å². The number of nitrogens with two attached hydrogens (primary N) is 1. The number of carbonyl (C=O) groups excluding carboxylic acids is 1. The minimum absolute atomic E-state index is 0.145. The lowest BCUT2D eigenvalue weighted by molar-refractivity contribution is -0.117. The largest absolute Gasteiger partial charge is 0.330 e. The van der Waals surface area contributed by atoms with E-state index in [1.165, 1.54) is 18.2 Å². The van der Waals surface area contributed by atoms with E-state index in [1.807, 2.05) is 0 Å². The second-order valence-corrected chi connectivity index (χ2v) is 6.08. The standard InChI is InChI=1S/C15H21ClFN3O/c1-10-4-5-20(8-11(10)7-18)9-15(21)19-14-3-2-12(17)6-13(14)16/h2-3,6,10-11H,4-5,7-9,18H2,1H3,(H,19,21). The Kier molecular flexibility index (Phi) is 5.56. The smallest absolute Gasteiger partial charge is 0.238 e. The van der Waals surface area contributed by atoms with Gasteiger partial charge in [-0.15, -0.1) is 0 Å². The van der Waals surface area contributed by atoms with E-state index < -0.39 is 5.82 Å². The maximum atomic E-state index is 13.0. The molecule has 116 valence electrons. The lowest BCUT2D eigenvalue weighted by Crippen LogP contribution is -2.45. The monoisotopic (exact) mass is 313 g/mol. The third-order valence-electron chi connectivity index (χ3n) is 4.07. The first-order valence-electron chi connectivity index (χ1n) is 7.17. The second kappa shape index (κ2) is 7.20. The Bertz CT molecular complexity index is 512. The van der Waals surface area contributed by atoms with Crippen molar-refractivity contribution in [1.82, 2.24) is 4.90 Å². The summed E-state index contributed by atoms with van der Waals surface area (Å²) in [5.74, 6) is 0.462. The molecule has 2 rings (SSSR count). The van der Waals surface area contributed by atoms with Gasteiger partial charge in [-0.1, -0.05) is 18.5 Å². The van der Waals surface area contributed by atoms with Gasteiger partial charge in [0.05, 0.1) is 17.3 Å². The van der Waals surface area contributed by atoms with Gasteiger partial charge in [0.1, 0.15) is 5.82 Å². The number of likely N-dealkylation sites (tertiary alicyclic amines) is 1. The zero-order valence-electron chi connectivity index (χ0n) is 12.1. The second-order valence-electron chi connectivity index (χ2n) is 5.67. The van der Waals surface area contributed by atoms with Crippen LogP contribution in [-0.4, -0.2) is 37.0 Å². The summed E-state index contributed by atoms with van der Waals surface area (Å²) in [4.78, 5) is 14.2. The molecule has 0 bridgehead atoms. The molecule has 1 saturated heterocycles. The molecule has 3 N–H and O–H groups in total. The van der Waals surface area contributed by atoms with E-state index in [0.717, 1.165) is 19.5 Å². The molecule has 1 fully saturated rings. The summed E-state index contributed by atoms with van der Waals surface area (Å²) < 4.78 is 13.0. The summed E-state index contributed by atoms with van der Waals surface area (Å²) in [7, 11) is 0. The molecule has 2 unspecified atom stereocenters. The van der Waals surface area contributed by atoms with Gasteiger partial charge in [-0.2, -0.15) is 0 Å². The number of carbonyl (C=O) groups is 1. The predicted octanol–water partition coefficient (Wildman–Crippen LogP) is 2.33. The summed E-state index contributed by atoms with van der Waals surface area (Å²) in [6.07, 6.45) is 1.05. The number of hydrogen-bond donors (Lipinski definition) is 2. The Morgan fingerprint density at radius 2 is 2.33 bits per heavy atom. The summed E-state index contributed by atoms with van der Waals surface area (Å²) in [5, 5.41) is 2.92. The van der Waals surface area contributed by atoms with Gasteiger partial charge in [0.2, 0.25) is 5.91 Å². The van der Waals surface area contributed by atoms with Gasteiger partial charge in [-0.3, -0.25) is 9.69 Å². The number of nitrogens with zero attached hydrogens (tertiary/aromatic N) is 1. The lowest BCUT2D eigenvalue weighted by Gasteiger charge is -2.36. The summed E-state index contributed by atoms with van der Waals surface area (Å²) >= 11 is 5.90. The van der Waals surface area contributed by atoms with Crippen molar-refractivity contribution >= 4 is 23.2 Å². The van der Waals surface area contributed by atoms with Crippen LogP contribution < -0.4 is 11.1 Å². The molecule has 6 heteroatoms. The molecule has 1 aliphatic rings. The van der Waals surface area contributed by atoms with Crippen molar-refractivity contribution in [3.8, 4) is 0 Å². The summed E-state index contributed by atoms with van der Waals surface area (Å²) in [6, 6.07) is 3.93. The highest BCUT2D eigenvalue weighted by Gasteiger charge is 2.26. The van der Waals surface area contributed by atoms with Crippen LogP contribution in [0.25, 0.3) is 0 Å². The maximum absolute atomic E-state index is 13.0. The van der Waals surface area contributed by atoms with Gasteiger partial charge in [0, 0.05) is 6.54 Å². The summed E-state index contributed by atoms with van der Waals surface area (Å²) in [5.41, 5.74) is 6.20. The number of hydrogen-bond acceptors (Lipinski definition) is 3. The first kappa shape index (κ1) is 16.2. The number of nitrogens with one attached hydrogen (secondary N) is 1. The molecular weight excluding hydrogens is 293 g/mol. The molecule has 1 aromatic rings. The molecule has 2 atom stereocenters. The number of rotatable bonds is 4. The van der Waals surface area contributed by atoms with Crippen molar-refractivity contribution in [1.29, 1.82) is 0 Å². The van der Waals surface area contributed by atoms with Crippen molar-refractivity contribution in [3.63, 3.8) is 0 Å². The molecular formula is C15H21ClFN3O. The van der Waals surface area contributed by atoms with Crippen molar-refractivity contribution in [2.75, 3.05) is 31.5 Å². The topological polar surface area (TPSA) is 58.4 Å². The normalized spacial score (nSPS) is 23.0. The fourth-order valence-electron chi connectivity index (χ4n) is 2.66. The van der Waals surface area contributed by atoms with Gasteiger partial charge in [0.15, 0.2) is 0 Å². The number of benzene rings is 1. The van der Waals surface area contributed by atoms with Crippen LogP contribution in [0.4, 0.5) is 10.1 Å². The lowest BCUT2D eigenvalue weighted by atomic mass is 9.87. The SMILES string of the molecule is CC1CCN(CC(=O)Nc2ccc(F)cc2Cl)CC1CN. The highest BCUT2D eigenvalue weighted by molar-refractivity contribution is 6.33. The van der Waals surface area contributed by atoms with E-state index in [-0.39, 0.29) is 10.9 Å². The molecule has 1 heterocycles. The van der Waals surface area contributed by atoms with E-state index in [2.05, 4.69) is 17.1 Å². The number of piperidine rings is 1. The van der Waals surface area contributed by atoms with Gasteiger partial charge in [-0.05, 0) is 49.5 Å². The molecule has 21 heavy (non-hydrogen) atoms. The molecule has 0 aromatic heterocycles. The first-order chi connectivity index (χ1) is 9.99. The quantitative estimate of drug-likeness (QED) is 0.897. The Morgan fingerprint density at radius 1 is 1.57 bits per heavy atom. The van der Waals surface area contributed by atoms with E-state index >= 15 is 0 Å². The number of halogens is 2. The zero-order chi connectivity index (χ0) is 15.4. The third-order valence-corrected chi connectivity index (χ3v) is 4.39. The molecule has 0 radical (unpaired) electrons. The first-order valence-corrected chi connectivity index (χ1v) is 7.54. The van der Waals surface area contributed by atoms with Gasteiger partial charge >= 0.3 is 0 Å². The Labute approximate surface area is 129 Å². The van der Waals surface area contributed by atoms with Crippen LogP contribution >= 0.6 is 11.6 Å². The average Bonchev–Trinajstić information content (AvgIpc) is 2.44. The van der Waals surface area contributed by atoms with Crippen LogP contribution in [0.15, 0.2) is 18.2 Å². The Balaban J connectivity index is 1.90.